The van der Waals surface area contributed by atoms with E-state index in [9.17, 15) is 9.59 Å². The minimum absolute atomic E-state index is 0.0492. The van der Waals surface area contributed by atoms with Crippen LogP contribution in [0.25, 0.3) is 0 Å². The van der Waals surface area contributed by atoms with Crippen LogP contribution in [0.4, 0.5) is 4.79 Å². The number of ether oxygens (including phenoxy) is 1. The van der Waals surface area contributed by atoms with Gasteiger partial charge >= 0.3 is 6.09 Å². The van der Waals surface area contributed by atoms with Crippen LogP contribution in [0.3, 0.4) is 0 Å². The van der Waals surface area contributed by atoms with Crippen LogP contribution in [0.2, 0.25) is 0 Å². The lowest BCUT2D eigenvalue weighted by Crippen LogP contribution is -2.53. The molecule has 1 fully saturated rings. The number of carbonyl (C=O) groups is 2. The zero-order valence-corrected chi connectivity index (χ0v) is 13.4. The highest BCUT2D eigenvalue weighted by atomic mass is 16.5. The van der Waals surface area contributed by atoms with Crippen LogP contribution in [0, 0.1) is 5.92 Å². The van der Waals surface area contributed by atoms with Gasteiger partial charge in [0.05, 0.1) is 6.20 Å². The summed E-state index contributed by atoms with van der Waals surface area (Å²) in [6, 6.07) is 2.97. The molecule has 2 amide bonds. The predicted octanol–water partition coefficient (Wildman–Crippen LogP) is 1.74. The smallest absolute Gasteiger partial charge is 0.405 e. The molecule has 1 aromatic heterocycles. The van der Waals surface area contributed by atoms with Gasteiger partial charge in [-0.3, -0.25) is 9.78 Å². The largest absolute Gasteiger partial charge is 0.489 e. The average Bonchev–Trinajstić information content (AvgIpc) is 2.53. The second kappa shape index (κ2) is 7.80. The van der Waals surface area contributed by atoms with Gasteiger partial charge in [0.15, 0.2) is 0 Å². The Labute approximate surface area is 135 Å². The Morgan fingerprint density at radius 1 is 1.39 bits per heavy atom. The van der Waals surface area contributed by atoms with E-state index in [0.29, 0.717) is 13.1 Å². The van der Waals surface area contributed by atoms with E-state index in [1.54, 1.807) is 17.3 Å². The van der Waals surface area contributed by atoms with E-state index < -0.39 is 12.1 Å². The highest BCUT2D eigenvalue weighted by Crippen LogP contribution is 2.19. The van der Waals surface area contributed by atoms with E-state index in [0.717, 1.165) is 18.6 Å². The molecular formula is C16H23N3O4. The van der Waals surface area contributed by atoms with Crippen LogP contribution in [-0.2, 0) is 4.79 Å². The standard InChI is InChI=1S/C16H23N3O4/c1-11(2)14(18-16(21)22)15(20)19-8-5-12(6-9-19)23-13-4-3-7-17-10-13/h3-4,7,10-12,14,18H,5-6,8-9H2,1-2H3,(H,21,22)/t14-/m0/s1. The molecule has 7 nitrogen and oxygen atoms in total. The van der Waals surface area contributed by atoms with Crippen LogP contribution in [-0.4, -0.2) is 52.2 Å². The molecule has 0 aromatic carbocycles. The number of hydrogen-bond acceptors (Lipinski definition) is 4. The summed E-state index contributed by atoms with van der Waals surface area (Å²) in [5.74, 6) is 0.468. The van der Waals surface area contributed by atoms with Crippen LogP contribution in [0.5, 0.6) is 5.75 Å². The third-order valence-corrected chi connectivity index (χ3v) is 3.90. The Kier molecular flexibility index (Phi) is 5.78. The third kappa shape index (κ3) is 4.84. The van der Waals surface area contributed by atoms with Crippen molar-refractivity contribution in [1.82, 2.24) is 15.2 Å². The van der Waals surface area contributed by atoms with Gasteiger partial charge in [0.1, 0.15) is 17.9 Å². The van der Waals surface area contributed by atoms with E-state index >= 15 is 0 Å². The topological polar surface area (TPSA) is 91.8 Å². The monoisotopic (exact) mass is 321 g/mol. The minimum Gasteiger partial charge on any atom is -0.489 e. The first-order valence-electron chi connectivity index (χ1n) is 7.82. The number of carbonyl (C=O) groups excluding carboxylic acids is 1. The molecule has 1 saturated heterocycles. The number of amides is 2. The molecule has 2 heterocycles. The van der Waals surface area contributed by atoms with Crippen molar-refractivity contribution >= 4 is 12.0 Å². The van der Waals surface area contributed by atoms with Crippen molar-refractivity contribution in [2.75, 3.05) is 13.1 Å². The normalized spacial score (nSPS) is 16.9. The van der Waals surface area contributed by atoms with Gasteiger partial charge < -0.3 is 20.1 Å². The number of rotatable bonds is 5. The van der Waals surface area contributed by atoms with E-state index in [2.05, 4.69) is 10.3 Å². The summed E-state index contributed by atoms with van der Waals surface area (Å²) in [7, 11) is 0. The molecule has 23 heavy (non-hydrogen) atoms. The van der Waals surface area contributed by atoms with Gasteiger partial charge in [0.25, 0.3) is 0 Å². The van der Waals surface area contributed by atoms with Crippen molar-refractivity contribution < 1.29 is 19.4 Å². The molecule has 126 valence electrons. The van der Waals surface area contributed by atoms with Crippen molar-refractivity contribution in [1.29, 1.82) is 0 Å². The first-order valence-corrected chi connectivity index (χ1v) is 7.82. The lowest BCUT2D eigenvalue weighted by Gasteiger charge is -2.35. The zero-order chi connectivity index (χ0) is 16.8. The quantitative estimate of drug-likeness (QED) is 0.862. The predicted molar refractivity (Wildman–Crippen MR) is 84.3 cm³/mol. The van der Waals surface area contributed by atoms with Gasteiger partial charge in [-0.15, -0.1) is 0 Å². The SMILES string of the molecule is CC(C)[C@H](NC(=O)O)C(=O)N1CCC(Oc2cccnc2)CC1. The molecule has 7 heteroatoms. The maximum atomic E-state index is 12.5. The molecule has 0 aliphatic carbocycles. The fourth-order valence-electron chi connectivity index (χ4n) is 2.65. The number of nitrogens with zero attached hydrogens (tertiary/aromatic N) is 2. The van der Waals surface area contributed by atoms with E-state index in [-0.39, 0.29) is 17.9 Å². The molecule has 0 unspecified atom stereocenters. The molecule has 2 N–H and O–H groups in total. The first-order chi connectivity index (χ1) is 11.0. The molecule has 1 aliphatic rings. The van der Waals surface area contributed by atoms with E-state index in [1.807, 2.05) is 26.0 Å². The number of pyridine rings is 1. The molecule has 0 radical (unpaired) electrons. The summed E-state index contributed by atoms with van der Waals surface area (Å²) < 4.78 is 5.85. The second-order valence-electron chi connectivity index (χ2n) is 6.00. The number of carboxylic acid groups (broad SMARTS) is 1. The summed E-state index contributed by atoms with van der Waals surface area (Å²) in [4.78, 5) is 29.1. The summed E-state index contributed by atoms with van der Waals surface area (Å²) in [6.07, 6.45) is 3.68. The van der Waals surface area contributed by atoms with Gasteiger partial charge in [-0.1, -0.05) is 13.8 Å². The molecule has 1 aromatic rings. The first kappa shape index (κ1) is 17.1. The molecule has 1 aliphatic heterocycles. The van der Waals surface area contributed by atoms with Crippen molar-refractivity contribution in [2.24, 2.45) is 5.92 Å². The summed E-state index contributed by atoms with van der Waals surface area (Å²) in [5.41, 5.74) is 0. The lowest BCUT2D eigenvalue weighted by atomic mass is 10.0. The van der Waals surface area contributed by atoms with Crippen molar-refractivity contribution in [3.05, 3.63) is 24.5 Å². The summed E-state index contributed by atoms with van der Waals surface area (Å²) in [6.45, 7) is 4.79. The molecule has 2 rings (SSSR count). The Hall–Kier alpha value is -2.31. The highest BCUT2D eigenvalue weighted by molar-refractivity contribution is 5.85. The number of aromatic nitrogens is 1. The fraction of sp³-hybridized carbons (Fsp3) is 0.562. The van der Waals surface area contributed by atoms with Crippen LogP contribution < -0.4 is 10.1 Å². The third-order valence-electron chi connectivity index (χ3n) is 3.90. The van der Waals surface area contributed by atoms with E-state index in [4.69, 9.17) is 9.84 Å². The summed E-state index contributed by atoms with van der Waals surface area (Å²) >= 11 is 0. The maximum absolute atomic E-state index is 12.5. The van der Waals surface area contributed by atoms with Crippen LogP contribution in [0.1, 0.15) is 26.7 Å². The van der Waals surface area contributed by atoms with Crippen molar-refractivity contribution in [3.63, 3.8) is 0 Å². The number of hydrogen-bond donors (Lipinski definition) is 2. The Balaban J connectivity index is 1.87. The molecule has 1 atom stereocenters. The highest BCUT2D eigenvalue weighted by Gasteiger charge is 2.31. The van der Waals surface area contributed by atoms with Crippen LogP contribution in [0.15, 0.2) is 24.5 Å². The Bertz CT molecular complexity index is 527. The maximum Gasteiger partial charge on any atom is 0.405 e. The van der Waals surface area contributed by atoms with Gasteiger partial charge in [-0.2, -0.15) is 0 Å². The number of nitrogens with one attached hydrogen (secondary N) is 1. The number of likely N-dealkylation sites (tertiary alicyclic amines) is 1. The summed E-state index contributed by atoms with van der Waals surface area (Å²) in [5, 5.41) is 11.2. The molecule has 0 saturated carbocycles. The van der Waals surface area contributed by atoms with Crippen molar-refractivity contribution in [2.45, 2.75) is 38.8 Å². The second-order valence-corrected chi connectivity index (χ2v) is 6.00. The average molecular weight is 321 g/mol. The van der Waals surface area contributed by atoms with Gasteiger partial charge in [0.2, 0.25) is 5.91 Å². The lowest BCUT2D eigenvalue weighted by molar-refractivity contribution is -0.136. The van der Waals surface area contributed by atoms with Gasteiger partial charge in [-0.05, 0) is 18.1 Å². The molecule has 0 bridgehead atoms. The van der Waals surface area contributed by atoms with E-state index in [1.165, 1.54) is 0 Å². The van der Waals surface area contributed by atoms with Crippen molar-refractivity contribution in [3.8, 4) is 5.75 Å². The Morgan fingerprint density at radius 2 is 2.09 bits per heavy atom. The fourth-order valence-corrected chi connectivity index (χ4v) is 2.65. The molecular weight excluding hydrogens is 298 g/mol. The van der Waals surface area contributed by atoms with Crippen LogP contribution >= 0.6 is 0 Å². The van der Waals surface area contributed by atoms with Gasteiger partial charge in [0, 0.05) is 32.1 Å². The van der Waals surface area contributed by atoms with Gasteiger partial charge in [-0.25, -0.2) is 4.79 Å². The zero-order valence-electron chi connectivity index (χ0n) is 13.4. The Morgan fingerprint density at radius 3 is 2.61 bits per heavy atom. The minimum atomic E-state index is -1.17. The molecule has 0 spiro atoms. The number of piperidine rings is 1.